The maximum atomic E-state index is 6.43. The van der Waals surface area contributed by atoms with Crippen LogP contribution in [-0.4, -0.2) is 25.0 Å². The van der Waals surface area contributed by atoms with Crippen LogP contribution in [0.3, 0.4) is 0 Å². The lowest BCUT2D eigenvalue weighted by Crippen LogP contribution is -2.35. The van der Waals surface area contributed by atoms with Crippen molar-refractivity contribution in [1.29, 1.82) is 0 Å². The Morgan fingerprint density at radius 2 is 1.95 bits per heavy atom. The number of hydrogen-bond donors (Lipinski definition) is 1. The Morgan fingerprint density at radius 1 is 1.19 bits per heavy atom. The molecule has 2 nitrogen and oxygen atoms in total. The Bertz CT molecular complexity index is 444. The number of fused-ring (bicyclic) bond motifs is 2. The molecule has 2 saturated carbocycles. The molecule has 0 aliphatic heterocycles. The standard InChI is InChI=1S/C19H30N2/c1-14(19(20)16-6-4-3-5-7-16)12-21(2)13-18-11-15-8-9-17(18)10-15/h3-7,14-15,17-19H,8-13,20H2,1-2H3. The van der Waals surface area contributed by atoms with Crippen molar-refractivity contribution in [3.8, 4) is 0 Å². The fraction of sp³-hybridized carbons (Fsp3) is 0.684. The molecule has 2 aliphatic carbocycles. The molecule has 2 heteroatoms. The van der Waals surface area contributed by atoms with Crippen LogP contribution in [0.15, 0.2) is 30.3 Å². The van der Waals surface area contributed by atoms with E-state index in [1.807, 2.05) is 0 Å². The van der Waals surface area contributed by atoms with Gasteiger partial charge in [0.1, 0.15) is 0 Å². The summed E-state index contributed by atoms with van der Waals surface area (Å²) in [5.74, 6) is 3.53. The number of hydrogen-bond acceptors (Lipinski definition) is 2. The van der Waals surface area contributed by atoms with Gasteiger partial charge >= 0.3 is 0 Å². The van der Waals surface area contributed by atoms with Crippen LogP contribution < -0.4 is 5.73 Å². The average Bonchev–Trinajstić information content (AvgIpc) is 3.09. The van der Waals surface area contributed by atoms with Crippen LogP contribution in [0.25, 0.3) is 0 Å². The summed E-state index contributed by atoms with van der Waals surface area (Å²) in [7, 11) is 2.28. The summed E-state index contributed by atoms with van der Waals surface area (Å²) in [5.41, 5.74) is 7.69. The first-order chi connectivity index (χ1) is 10.1. The summed E-state index contributed by atoms with van der Waals surface area (Å²) < 4.78 is 0. The highest BCUT2D eigenvalue weighted by atomic mass is 15.1. The molecule has 2 aliphatic rings. The van der Waals surface area contributed by atoms with Crippen molar-refractivity contribution < 1.29 is 0 Å². The first kappa shape index (κ1) is 15.1. The maximum absolute atomic E-state index is 6.43. The lowest BCUT2D eigenvalue weighted by Gasteiger charge is -2.30. The predicted molar refractivity (Wildman–Crippen MR) is 89.0 cm³/mol. The Hall–Kier alpha value is -0.860. The highest BCUT2D eigenvalue weighted by Crippen LogP contribution is 2.48. The fourth-order valence-corrected chi connectivity index (χ4v) is 4.68. The molecule has 0 aromatic heterocycles. The fourth-order valence-electron chi connectivity index (χ4n) is 4.68. The predicted octanol–water partition coefficient (Wildman–Crippen LogP) is 3.69. The summed E-state index contributed by atoms with van der Waals surface area (Å²) in [6.45, 7) is 4.66. The van der Waals surface area contributed by atoms with Gasteiger partial charge < -0.3 is 10.6 Å². The minimum absolute atomic E-state index is 0.147. The van der Waals surface area contributed by atoms with Gasteiger partial charge in [0.15, 0.2) is 0 Å². The van der Waals surface area contributed by atoms with Crippen LogP contribution in [0, 0.1) is 23.7 Å². The van der Waals surface area contributed by atoms with Crippen molar-refractivity contribution >= 4 is 0 Å². The van der Waals surface area contributed by atoms with Crippen molar-refractivity contribution in [2.45, 2.75) is 38.6 Å². The summed E-state index contributed by atoms with van der Waals surface area (Å²) in [6, 6.07) is 10.7. The molecule has 0 spiro atoms. The van der Waals surface area contributed by atoms with Crippen LogP contribution in [-0.2, 0) is 0 Å². The summed E-state index contributed by atoms with van der Waals surface area (Å²) in [6.07, 6.45) is 5.98. The zero-order valence-corrected chi connectivity index (χ0v) is 13.5. The van der Waals surface area contributed by atoms with Gasteiger partial charge in [0, 0.05) is 19.1 Å². The van der Waals surface area contributed by atoms with Gasteiger partial charge in [0.2, 0.25) is 0 Å². The third-order valence-electron chi connectivity index (χ3n) is 5.83. The van der Waals surface area contributed by atoms with Gasteiger partial charge in [-0.05, 0) is 55.5 Å². The molecule has 3 rings (SSSR count). The molecular weight excluding hydrogens is 256 g/mol. The molecule has 2 bridgehead atoms. The molecule has 0 radical (unpaired) electrons. The molecule has 2 fully saturated rings. The largest absolute Gasteiger partial charge is 0.324 e. The van der Waals surface area contributed by atoms with Crippen molar-refractivity contribution in [1.82, 2.24) is 4.90 Å². The van der Waals surface area contributed by atoms with Gasteiger partial charge in [0.05, 0.1) is 0 Å². The van der Waals surface area contributed by atoms with Gasteiger partial charge in [-0.2, -0.15) is 0 Å². The molecule has 0 amide bonds. The molecule has 5 unspecified atom stereocenters. The van der Waals surface area contributed by atoms with Crippen LogP contribution >= 0.6 is 0 Å². The van der Waals surface area contributed by atoms with Crippen LogP contribution in [0.2, 0.25) is 0 Å². The molecule has 2 N–H and O–H groups in total. The second-order valence-electron chi connectivity index (χ2n) is 7.57. The van der Waals surface area contributed by atoms with Gasteiger partial charge in [0.25, 0.3) is 0 Å². The third kappa shape index (κ3) is 3.49. The second-order valence-corrected chi connectivity index (χ2v) is 7.57. The normalized spacial score (nSPS) is 30.8. The van der Waals surface area contributed by atoms with Crippen molar-refractivity contribution in [3.63, 3.8) is 0 Å². The van der Waals surface area contributed by atoms with Gasteiger partial charge in [-0.15, -0.1) is 0 Å². The minimum Gasteiger partial charge on any atom is -0.324 e. The third-order valence-corrected chi connectivity index (χ3v) is 5.83. The van der Waals surface area contributed by atoms with Gasteiger partial charge in [-0.3, -0.25) is 0 Å². The summed E-state index contributed by atoms with van der Waals surface area (Å²) in [5, 5.41) is 0. The number of nitrogens with two attached hydrogens (primary N) is 1. The van der Waals surface area contributed by atoms with E-state index in [-0.39, 0.29) is 6.04 Å². The molecule has 5 atom stereocenters. The summed E-state index contributed by atoms with van der Waals surface area (Å²) >= 11 is 0. The van der Waals surface area contributed by atoms with E-state index >= 15 is 0 Å². The van der Waals surface area contributed by atoms with E-state index in [4.69, 9.17) is 5.73 Å². The van der Waals surface area contributed by atoms with E-state index in [0.29, 0.717) is 5.92 Å². The highest BCUT2D eigenvalue weighted by molar-refractivity contribution is 5.19. The van der Waals surface area contributed by atoms with Crippen molar-refractivity contribution in [3.05, 3.63) is 35.9 Å². The van der Waals surface area contributed by atoms with Gasteiger partial charge in [-0.25, -0.2) is 0 Å². The maximum Gasteiger partial charge on any atom is 0.0333 e. The van der Waals surface area contributed by atoms with E-state index in [0.717, 1.165) is 24.3 Å². The van der Waals surface area contributed by atoms with E-state index in [1.165, 1.54) is 37.8 Å². The van der Waals surface area contributed by atoms with Gasteiger partial charge in [-0.1, -0.05) is 43.7 Å². The molecular formula is C19H30N2. The van der Waals surface area contributed by atoms with E-state index in [2.05, 4.69) is 49.2 Å². The van der Waals surface area contributed by atoms with E-state index in [1.54, 1.807) is 0 Å². The van der Waals surface area contributed by atoms with Crippen LogP contribution in [0.5, 0.6) is 0 Å². The Balaban J connectivity index is 1.49. The van der Waals surface area contributed by atoms with Crippen LogP contribution in [0.1, 0.15) is 44.2 Å². The molecule has 21 heavy (non-hydrogen) atoms. The van der Waals surface area contributed by atoms with E-state index in [9.17, 15) is 0 Å². The van der Waals surface area contributed by atoms with E-state index < -0.39 is 0 Å². The monoisotopic (exact) mass is 286 g/mol. The number of rotatable bonds is 6. The minimum atomic E-state index is 0.147. The first-order valence-electron chi connectivity index (χ1n) is 8.62. The van der Waals surface area contributed by atoms with Crippen molar-refractivity contribution in [2.24, 2.45) is 29.4 Å². The molecule has 116 valence electrons. The highest BCUT2D eigenvalue weighted by Gasteiger charge is 2.39. The number of benzene rings is 1. The lowest BCUT2D eigenvalue weighted by atomic mass is 9.88. The van der Waals surface area contributed by atoms with Crippen LogP contribution in [0.4, 0.5) is 0 Å². The zero-order chi connectivity index (χ0) is 14.8. The molecule has 0 saturated heterocycles. The average molecular weight is 286 g/mol. The Kier molecular flexibility index (Phi) is 4.66. The molecule has 1 aromatic rings. The zero-order valence-electron chi connectivity index (χ0n) is 13.5. The lowest BCUT2D eigenvalue weighted by molar-refractivity contribution is 0.192. The quantitative estimate of drug-likeness (QED) is 0.864. The van der Waals surface area contributed by atoms with Crippen molar-refractivity contribution in [2.75, 3.05) is 20.1 Å². The summed E-state index contributed by atoms with van der Waals surface area (Å²) in [4.78, 5) is 2.53. The smallest absolute Gasteiger partial charge is 0.0333 e. The Labute approximate surface area is 129 Å². The topological polar surface area (TPSA) is 29.3 Å². The molecule has 1 aromatic carbocycles. The SMILES string of the molecule is CC(CN(C)CC1CC2CCC1C2)C(N)c1ccccc1. The second kappa shape index (κ2) is 6.50. The molecule has 0 heterocycles. The Morgan fingerprint density at radius 3 is 2.57 bits per heavy atom. The number of nitrogens with zero attached hydrogens (tertiary/aromatic N) is 1. The first-order valence-corrected chi connectivity index (χ1v) is 8.62.